The average Bonchev–Trinajstić information content (AvgIpc) is 3.08. The van der Waals surface area contributed by atoms with Crippen molar-refractivity contribution in [3.63, 3.8) is 0 Å². The van der Waals surface area contributed by atoms with Gasteiger partial charge in [-0.05, 0) is 19.9 Å². The predicted octanol–water partition coefficient (Wildman–Crippen LogP) is 3.37. The summed E-state index contributed by atoms with van der Waals surface area (Å²) in [6, 6.07) is 5.08. The third kappa shape index (κ3) is 6.67. The maximum absolute atomic E-state index is 12.6. The van der Waals surface area contributed by atoms with Gasteiger partial charge in [0.15, 0.2) is 11.1 Å². The Bertz CT molecular complexity index is 764. The van der Waals surface area contributed by atoms with E-state index in [4.69, 9.17) is 0 Å². The molecule has 0 saturated heterocycles. The number of alkyl halides is 2. The molecule has 0 fully saturated rings. The van der Waals surface area contributed by atoms with Gasteiger partial charge in [-0.1, -0.05) is 17.7 Å². The zero-order valence-electron chi connectivity index (χ0n) is 15.9. The van der Waals surface area contributed by atoms with Crippen molar-refractivity contribution in [2.75, 3.05) is 25.5 Å². The molecule has 0 atom stereocenters. The van der Waals surface area contributed by atoms with Gasteiger partial charge in [0, 0.05) is 31.6 Å². The van der Waals surface area contributed by atoms with Crippen molar-refractivity contribution < 1.29 is 13.5 Å². The summed E-state index contributed by atoms with van der Waals surface area (Å²) >= 11 is 1.57. The molecule has 0 saturated carbocycles. The molecule has 2 N–H and O–H groups in total. The molecule has 1 heterocycles. The van der Waals surface area contributed by atoms with Crippen LogP contribution in [0, 0.1) is 6.92 Å². The van der Waals surface area contributed by atoms with E-state index in [1.54, 1.807) is 29.5 Å². The molecule has 0 radical (unpaired) electrons. The summed E-state index contributed by atoms with van der Waals surface area (Å²) in [6.07, 6.45) is 0. The van der Waals surface area contributed by atoms with Crippen LogP contribution >= 0.6 is 11.3 Å². The van der Waals surface area contributed by atoms with Crippen LogP contribution in [0.15, 0.2) is 28.6 Å². The van der Waals surface area contributed by atoms with Gasteiger partial charge in [-0.2, -0.15) is 8.78 Å². The standard InChI is InChI=1S/C18H25F2N5OS/c1-5-21-17(23-10-14-11-27-18(24-14)25(3)4)22-9-13-8-12(2)6-7-15(13)26-16(19)20/h6-8,11,16H,5,9-10H2,1-4H3,(H2,21,22,23). The Kier molecular flexibility index (Phi) is 7.78. The third-order valence-electron chi connectivity index (χ3n) is 3.54. The zero-order valence-corrected chi connectivity index (χ0v) is 16.7. The SMILES string of the molecule is CCNC(=NCc1cc(C)ccc1OC(F)F)NCc1csc(N(C)C)n1. The minimum atomic E-state index is -2.86. The number of aryl methyl sites for hydroxylation is 1. The van der Waals surface area contributed by atoms with Crippen molar-refractivity contribution in [3.05, 3.63) is 40.4 Å². The average molecular weight is 397 g/mol. The molecular formula is C18H25F2N5OS. The third-order valence-corrected chi connectivity index (χ3v) is 4.60. The molecule has 6 nitrogen and oxygen atoms in total. The zero-order chi connectivity index (χ0) is 19.8. The number of halogens is 2. The second-order valence-electron chi connectivity index (χ2n) is 6.05. The monoisotopic (exact) mass is 397 g/mol. The molecule has 0 aliphatic heterocycles. The van der Waals surface area contributed by atoms with Crippen LogP contribution in [0.4, 0.5) is 13.9 Å². The van der Waals surface area contributed by atoms with Crippen LogP contribution in [0.2, 0.25) is 0 Å². The van der Waals surface area contributed by atoms with Crippen LogP contribution in [0.5, 0.6) is 5.75 Å². The van der Waals surface area contributed by atoms with E-state index in [1.165, 1.54) is 0 Å². The van der Waals surface area contributed by atoms with E-state index in [2.05, 4.69) is 25.3 Å². The Balaban J connectivity index is 2.07. The molecule has 2 rings (SSSR count). The molecule has 148 valence electrons. The Morgan fingerprint density at radius 3 is 2.74 bits per heavy atom. The van der Waals surface area contributed by atoms with Gasteiger partial charge in [-0.3, -0.25) is 0 Å². The van der Waals surface area contributed by atoms with Crippen LogP contribution in [0.3, 0.4) is 0 Å². The van der Waals surface area contributed by atoms with Gasteiger partial charge in [-0.15, -0.1) is 11.3 Å². The van der Waals surface area contributed by atoms with Crippen molar-refractivity contribution in [1.29, 1.82) is 0 Å². The molecule has 0 aliphatic carbocycles. The van der Waals surface area contributed by atoms with Gasteiger partial charge in [0.1, 0.15) is 5.75 Å². The summed E-state index contributed by atoms with van der Waals surface area (Å²) in [4.78, 5) is 11.0. The normalized spacial score (nSPS) is 11.6. The summed E-state index contributed by atoms with van der Waals surface area (Å²) in [5.74, 6) is 0.728. The molecule has 27 heavy (non-hydrogen) atoms. The number of guanidine groups is 1. The number of nitrogens with zero attached hydrogens (tertiary/aromatic N) is 3. The highest BCUT2D eigenvalue weighted by Crippen LogP contribution is 2.23. The van der Waals surface area contributed by atoms with Crippen molar-refractivity contribution in [1.82, 2.24) is 15.6 Å². The van der Waals surface area contributed by atoms with Gasteiger partial charge >= 0.3 is 6.61 Å². The number of aromatic nitrogens is 1. The lowest BCUT2D eigenvalue weighted by Gasteiger charge is -2.13. The van der Waals surface area contributed by atoms with Gasteiger partial charge in [0.25, 0.3) is 0 Å². The minimum absolute atomic E-state index is 0.144. The molecule has 0 amide bonds. The number of rotatable bonds is 8. The summed E-state index contributed by atoms with van der Waals surface area (Å²) in [6.45, 7) is 2.41. The number of nitrogens with one attached hydrogen (secondary N) is 2. The second-order valence-corrected chi connectivity index (χ2v) is 6.89. The molecule has 9 heteroatoms. The Morgan fingerprint density at radius 1 is 1.33 bits per heavy atom. The first-order chi connectivity index (χ1) is 12.9. The first-order valence-corrected chi connectivity index (χ1v) is 9.45. The fourth-order valence-electron chi connectivity index (χ4n) is 2.31. The van der Waals surface area contributed by atoms with E-state index in [1.807, 2.05) is 38.2 Å². The summed E-state index contributed by atoms with van der Waals surface area (Å²) in [5.41, 5.74) is 2.47. The predicted molar refractivity (Wildman–Crippen MR) is 106 cm³/mol. The van der Waals surface area contributed by atoms with E-state index < -0.39 is 6.61 Å². The van der Waals surface area contributed by atoms with E-state index in [0.717, 1.165) is 16.4 Å². The fraction of sp³-hybridized carbons (Fsp3) is 0.444. The summed E-state index contributed by atoms with van der Waals surface area (Å²) in [7, 11) is 3.89. The number of aliphatic imine (C=N–C) groups is 1. The lowest BCUT2D eigenvalue weighted by molar-refractivity contribution is -0.0504. The molecule has 1 aromatic heterocycles. The van der Waals surface area contributed by atoms with Gasteiger partial charge in [0.2, 0.25) is 0 Å². The molecule has 0 bridgehead atoms. The van der Waals surface area contributed by atoms with Crippen molar-refractivity contribution in [3.8, 4) is 5.75 Å². The van der Waals surface area contributed by atoms with E-state index in [-0.39, 0.29) is 12.3 Å². The number of anilines is 1. The van der Waals surface area contributed by atoms with Crippen LogP contribution < -0.4 is 20.3 Å². The Morgan fingerprint density at radius 2 is 2.11 bits per heavy atom. The summed E-state index contributed by atoms with van der Waals surface area (Å²) in [5, 5.41) is 9.27. The molecule has 0 unspecified atom stereocenters. The molecule has 1 aromatic carbocycles. The Hall–Kier alpha value is -2.42. The maximum atomic E-state index is 12.6. The number of ether oxygens (including phenoxy) is 1. The van der Waals surface area contributed by atoms with Crippen LogP contribution in [0.25, 0.3) is 0 Å². The molecular weight excluding hydrogens is 372 g/mol. The largest absolute Gasteiger partial charge is 0.434 e. The fourth-order valence-corrected chi connectivity index (χ4v) is 3.06. The molecule has 0 spiro atoms. The quantitative estimate of drug-likeness (QED) is 0.528. The maximum Gasteiger partial charge on any atom is 0.387 e. The first kappa shape index (κ1) is 20.9. The van der Waals surface area contributed by atoms with Crippen molar-refractivity contribution >= 4 is 22.4 Å². The smallest absolute Gasteiger partial charge is 0.387 e. The van der Waals surface area contributed by atoms with Crippen LogP contribution in [-0.2, 0) is 13.1 Å². The Labute approximate surface area is 162 Å². The van der Waals surface area contributed by atoms with Gasteiger partial charge < -0.3 is 20.3 Å². The number of thiazole rings is 1. The minimum Gasteiger partial charge on any atom is -0.434 e. The second kappa shape index (κ2) is 10.1. The van der Waals surface area contributed by atoms with E-state index >= 15 is 0 Å². The van der Waals surface area contributed by atoms with Crippen molar-refractivity contribution in [2.45, 2.75) is 33.5 Å². The summed E-state index contributed by atoms with van der Waals surface area (Å²) < 4.78 is 29.8. The molecule has 0 aliphatic rings. The van der Waals surface area contributed by atoms with Crippen LogP contribution in [0.1, 0.15) is 23.7 Å². The highest BCUT2D eigenvalue weighted by Gasteiger charge is 2.10. The highest BCUT2D eigenvalue weighted by molar-refractivity contribution is 7.13. The highest BCUT2D eigenvalue weighted by atomic mass is 32.1. The van der Waals surface area contributed by atoms with E-state index in [0.29, 0.717) is 24.6 Å². The van der Waals surface area contributed by atoms with Crippen LogP contribution in [-0.4, -0.2) is 38.2 Å². The lowest BCUT2D eigenvalue weighted by atomic mass is 10.1. The number of hydrogen-bond acceptors (Lipinski definition) is 5. The topological polar surface area (TPSA) is 61.8 Å². The molecule has 2 aromatic rings. The van der Waals surface area contributed by atoms with E-state index in [9.17, 15) is 8.78 Å². The lowest BCUT2D eigenvalue weighted by Crippen LogP contribution is -2.36. The number of benzene rings is 1. The first-order valence-electron chi connectivity index (χ1n) is 8.57. The van der Waals surface area contributed by atoms with Crippen molar-refractivity contribution in [2.24, 2.45) is 4.99 Å². The van der Waals surface area contributed by atoms with Gasteiger partial charge in [0.05, 0.1) is 18.8 Å². The van der Waals surface area contributed by atoms with Gasteiger partial charge in [-0.25, -0.2) is 9.98 Å². The number of hydrogen-bond donors (Lipinski definition) is 2.